The molecule has 2 amide bonds. The average Bonchev–Trinajstić information content (AvgIpc) is 3.02. The fourth-order valence-corrected chi connectivity index (χ4v) is 3.95. The molecule has 0 bridgehead atoms. The predicted octanol–water partition coefficient (Wildman–Crippen LogP) is 5.59. The normalized spacial score (nSPS) is 11.7. The van der Waals surface area contributed by atoms with Gasteiger partial charge in [-0.2, -0.15) is 0 Å². The maximum Gasteiger partial charge on any atom is 0.262 e. The van der Waals surface area contributed by atoms with Crippen LogP contribution in [0.15, 0.2) is 54.6 Å². The van der Waals surface area contributed by atoms with E-state index < -0.39 is 6.04 Å². The van der Waals surface area contributed by atoms with E-state index in [1.54, 1.807) is 62.4 Å². The van der Waals surface area contributed by atoms with Gasteiger partial charge in [0.25, 0.3) is 11.8 Å². The number of benzene rings is 2. The van der Waals surface area contributed by atoms with E-state index in [4.69, 9.17) is 11.6 Å². The van der Waals surface area contributed by atoms with Gasteiger partial charge in [0, 0.05) is 5.56 Å². The van der Waals surface area contributed by atoms with Crippen molar-refractivity contribution in [3.8, 4) is 0 Å². The maximum atomic E-state index is 13.9. The lowest BCUT2D eigenvalue weighted by molar-refractivity contribution is 0.0942. The molecule has 0 aliphatic heterocycles. The summed E-state index contributed by atoms with van der Waals surface area (Å²) in [7, 11) is 0. The second-order valence-corrected chi connectivity index (χ2v) is 7.73. The van der Waals surface area contributed by atoms with Gasteiger partial charge in [0.1, 0.15) is 5.82 Å². The van der Waals surface area contributed by atoms with Crippen LogP contribution in [0.3, 0.4) is 0 Å². The molecule has 0 radical (unpaired) electrons. The number of amides is 2. The molecule has 0 spiro atoms. The van der Waals surface area contributed by atoms with Gasteiger partial charge in [-0.15, -0.1) is 11.3 Å². The first kappa shape index (κ1) is 20.0. The summed E-state index contributed by atoms with van der Waals surface area (Å²) in [5.74, 6) is -1.04. The van der Waals surface area contributed by atoms with E-state index >= 15 is 0 Å². The average molecular weight is 417 g/mol. The van der Waals surface area contributed by atoms with Crippen molar-refractivity contribution < 1.29 is 14.0 Å². The molecule has 0 fully saturated rings. The van der Waals surface area contributed by atoms with Crippen molar-refractivity contribution in [1.29, 1.82) is 0 Å². The van der Waals surface area contributed by atoms with Crippen molar-refractivity contribution in [3.05, 3.63) is 87.0 Å². The van der Waals surface area contributed by atoms with E-state index in [1.165, 1.54) is 6.07 Å². The number of anilines is 1. The maximum absolute atomic E-state index is 13.9. The lowest BCUT2D eigenvalue weighted by atomic mass is 10.1. The molecule has 3 rings (SSSR count). The molecule has 3 aromatic rings. The van der Waals surface area contributed by atoms with E-state index in [2.05, 4.69) is 10.6 Å². The summed E-state index contributed by atoms with van der Waals surface area (Å²) in [4.78, 5) is 25.5. The standard InChI is InChI=1S/C21H18ClFN2O2S/c1-12-11-18(25-20(26)15-8-3-5-9-16(15)22)28-19(12)21(27)24-13(2)14-7-4-6-10-17(14)23/h3-11,13H,1-2H3,(H,24,27)(H,25,26)/t13-/m1/s1. The quantitative estimate of drug-likeness (QED) is 0.569. The van der Waals surface area contributed by atoms with E-state index in [0.717, 1.165) is 16.9 Å². The minimum absolute atomic E-state index is 0.323. The molecule has 0 saturated carbocycles. The van der Waals surface area contributed by atoms with Crippen LogP contribution in [0.2, 0.25) is 5.02 Å². The van der Waals surface area contributed by atoms with Gasteiger partial charge in [-0.25, -0.2) is 4.39 Å². The van der Waals surface area contributed by atoms with Crippen LogP contribution in [0.1, 0.15) is 44.1 Å². The fourth-order valence-electron chi connectivity index (χ4n) is 2.76. The summed E-state index contributed by atoms with van der Waals surface area (Å²) in [6.45, 7) is 3.50. The molecule has 7 heteroatoms. The minimum atomic E-state index is -0.489. The van der Waals surface area contributed by atoms with Crippen LogP contribution < -0.4 is 10.6 Å². The Morgan fingerprint density at radius 2 is 1.75 bits per heavy atom. The van der Waals surface area contributed by atoms with Crippen LogP contribution in [0.25, 0.3) is 0 Å². The Labute approximate surface area is 171 Å². The van der Waals surface area contributed by atoms with Crippen molar-refractivity contribution in [1.82, 2.24) is 5.32 Å². The number of halogens is 2. The Morgan fingerprint density at radius 1 is 1.07 bits per heavy atom. The van der Waals surface area contributed by atoms with E-state index in [-0.39, 0.29) is 17.6 Å². The van der Waals surface area contributed by atoms with Crippen LogP contribution in [-0.4, -0.2) is 11.8 Å². The molecule has 1 heterocycles. The van der Waals surface area contributed by atoms with Gasteiger partial charge < -0.3 is 10.6 Å². The number of hydrogen-bond donors (Lipinski definition) is 2. The van der Waals surface area contributed by atoms with Crippen molar-refractivity contribution >= 4 is 39.8 Å². The molecule has 1 atom stereocenters. The molecular weight excluding hydrogens is 399 g/mol. The van der Waals surface area contributed by atoms with Crippen molar-refractivity contribution in [2.75, 3.05) is 5.32 Å². The first-order valence-corrected chi connectivity index (χ1v) is 9.78. The lowest BCUT2D eigenvalue weighted by Gasteiger charge is -2.14. The molecular formula is C21H18ClFN2O2S. The zero-order chi connectivity index (χ0) is 20.3. The van der Waals surface area contributed by atoms with Crippen LogP contribution in [0, 0.1) is 12.7 Å². The first-order valence-electron chi connectivity index (χ1n) is 8.58. The Hall–Kier alpha value is -2.70. The Balaban J connectivity index is 1.73. The van der Waals surface area contributed by atoms with Gasteiger partial charge in [0.2, 0.25) is 0 Å². The van der Waals surface area contributed by atoms with Gasteiger partial charge in [0.05, 0.1) is 26.5 Å². The Bertz CT molecular complexity index is 1030. The minimum Gasteiger partial charge on any atom is -0.345 e. The molecule has 0 unspecified atom stereocenters. The summed E-state index contributed by atoms with van der Waals surface area (Å²) in [5, 5.41) is 6.45. The molecule has 1 aromatic heterocycles. The number of carbonyl (C=O) groups excluding carboxylic acids is 2. The highest BCUT2D eigenvalue weighted by atomic mass is 35.5. The fraction of sp³-hybridized carbons (Fsp3) is 0.143. The molecule has 2 N–H and O–H groups in total. The molecule has 0 aliphatic carbocycles. The molecule has 144 valence electrons. The van der Waals surface area contributed by atoms with Gasteiger partial charge in [-0.1, -0.05) is 41.9 Å². The molecule has 0 aliphatic rings. The predicted molar refractivity (Wildman–Crippen MR) is 111 cm³/mol. The molecule has 28 heavy (non-hydrogen) atoms. The number of rotatable bonds is 5. The summed E-state index contributed by atoms with van der Waals surface area (Å²) in [6.07, 6.45) is 0. The van der Waals surface area contributed by atoms with Gasteiger partial charge in [0.15, 0.2) is 0 Å². The molecule has 0 saturated heterocycles. The SMILES string of the molecule is Cc1cc(NC(=O)c2ccccc2Cl)sc1C(=O)N[C@H](C)c1ccccc1F. The van der Waals surface area contributed by atoms with E-state index in [0.29, 0.717) is 26.0 Å². The topological polar surface area (TPSA) is 58.2 Å². The zero-order valence-electron chi connectivity index (χ0n) is 15.3. The van der Waals surface area contributed by atoms with Crippen molar-refractivity contribution in [3.63, 3.8) is 0 Å². The second-order valence-electron chi connectivity index (χ2n) is 6.27. The number of nitrogens with one attached hydrogen (secondary N) is 2. The van der Waals surface area contributed by atoms with Crippen LogP contribution in [-0.2, 0) is 0 Å². The molecule has 2 aromatic carbocycles. The van der Waals surface area contributed by atoms with E-state index in [9.17, 15) is 14.0 Å². The highest BCUT2D eigenvalue weighted by molar-refractivity contribution is 7.18. The van der Waals surface area contributed by atoms with Gasteiger partial charge >= 0.3 is 0 Å². The lowest BCUT2D eigenvalue weighted by Crippen LogP contribution is -2.27. The summed E-state index contributed by atoms with van der Waals surface area (Å²) < 4.78 is 13.9. The largest absolute Gasteiger partial charge is 0.345 e. The Kier molecular flexibility index (Phi) is 6.11. The summed E-state index contributed by atoms with van der Waals surface area (Å²) in [5.41, 5.74) is 1.49. The third-order valence-electron chi connectivity index (χ3n) is 4.20. The van der Waals surface area contributed by atoms with Crippen molar-refractivity contribution in [2.45, 2.75) is 19.9 Å². The smallest absolute Gasteiger partial charge is 0.262 e. The van der Waals surface area contributed by atoms with E-state index in [1.807, 2.05) is 0 Å². The summed E-state index contributed by atoms with van der Waals surface area (Å²) >= 11 is 7.21. The number of carbonyl (C=O) groups is 2. The van der Waals surface area contributed by atoms with Crippen LogP contribution in [0.4, 0.5) is 9.39 Å². The van der Waals surface area contributed by atoms with Gasteiger partial charge in [-0.3, -0.25) is 9.59 Å². The number of hydrogen-bond acceptors (Lipinski definition) is 3. The van der Waals surface area contributed by atoms with Crippen LogP contribution >= 0.6 is 22.9 Å². The highest BCUT2D eigenvalue weighted by Crippen LogP contribution is 2.28. The third-order valence-corrected chi connectivity index (χ3v) is 5.68. The van der Waals surface area contributed by atoms with Crippen LogP contribution in [0.5, 0.6) is 0 Å². The Morgan fingerprint density at radius 3 is 2.46 bits per heavy atom. The van der Waals surface area contributed by atoms with Gasteiger partial charge in [-0.05, 0) is 43.7 Å². The first-order chi connectivity index (χ1) is 13.4. The summed E-state index contributed by atoms with van der Waals surface area (Å²) in [6, 6.07) is 14.3. The number of aryl methyl sites for hydroxylation is 1. The monoisotopic (exact) mass is 416 g/mol. The number of thiophene rings is 1. The highest BCUT2D eigenvalue weighted by Gasteiger charge is 2.19. The third kappa shape index (κ3) is 4.40. The molecule has 4 nitrogen and oxygen atoms in total. The van der Waals surface area contributed by atoms with Crippen molar-refractivity contribution in [2.24, 2.45) is 0 Å². The second kappa shape index (κ2) is 8.54. The zero-order valence-corrected chi connectivity index (χ0v) is 16.8.